The van der Waals surface area contributed by atoms with Crippen molar-refractivity contribution in [3.05, 3.63) is 202 Å². The SMILES string of the molecule is CC1(C)c2cc3c(cc2-c2cc4c(cc21)-c1c(cc(-c2cc(C5CCCCC5)c5oc6ccccc6c5c2)c2ccccc12)C4(C)C)C(C)(C)c1cc(-c2cc(C4CCCCC4)c4oc5ccccc5c4c2)c2ccccc2c1-3. The third-order valence-electron chi connectivity index (χ3n) is 21.0. The maximum atomic E-state index is 6.77. The van der Waals surface area contributed by atoms with E-state index >= 15 is 0 Å². The van der Waals surface area contributed by atoms with Crippen molar-refractivity contribution in [2.24, 2.45) is 0 Å². The van der Waals surface area contributed by atoms with Gasteiger partial charge in [-0.15, -0.1) is 0 Å². The van der Waals surface area contributed by atoms with Gasteiger partial charge in [-0.1, -0.05) is 165 Å². The molecule has 0 saturated heterocycles. The minimum atomic E-state index is -0.228. The second kappa shape index (κ2) is 16.2. The summed E-state index contributed by atoms with van der Waals surface area (Å²) >= 11 is 0. The van der Waals surface area contributed by atoms with Crippen LogP contribution in [0.5, 0.6) is 0 Å². The molecule has 5 aliphatic carbocycles. The fourth-order valence-corrected chi connectivity index (χ4v) is 16.8. The van der Waals surface area contributed by atoms with Gasteiger partial charge in [0.15, 0.2) is 0 Å². The predicted molar refractivity (Wildman–Crippen MR) is 331 cm³/mol. The van der Waals surface area contributed by atoms with E-state index in [1.807, 2.05) is 0 Å². The Balaban J connectivity index is 0.818. The normalized spacial score (nSPS) is 17.9. The van der Waals surface area contributed by atoms with Gasteiger partial charge in [-0.2, -0.15) is 0 Å². The lowest BCUT2D eigenvalue weighted by Gasteiger charge is -2.25. The highest BCUT2D eigenvalue weighted by atomic mass is 16.3. The van der Waals surface area contributed by atoms with Crippen LogP contribution in [0.15, 0.2) is 167 Å². The van der Waals surface area contributed by atoms with Crippen molar-refractivity contribution >= 4 is 65.4 Å². The maximum Gasteiger partial charge on any atom is 0.138 e. The fraction of sp³-hybridized carbons (Fsp3) is 0.273. The van der Waals surface area contributed by atoms with Crippen LogP contribution < -0.4 is 0 Å². The van der Waals surface area contributed by atoms with Crippen LogP contribution in [0, 0.1) is 0 Å². The fourth-order valence-electron chi connectivity index (χ4n) is 16.8. The van der Waals surface area contributed by atoms with Gasteiger partial charge in [-0.3, -0.25) is 0 Å². The number of hydrogen-bond acceptors (Lipinski definition) is 2. The third kappa shape index (κ3) is 6.30. The third-order valence-corrected chi connectivity index (χ3v) is 21.0. The molecule has 10 aromatic carbocycles. The van der Waals surface area contributed by atoms with Crippen molar-refractivity contribution in [3.63, 3.8) is 0 Å². The van der Waals surface area contributed by atoms with Crippen LogP contribution in [0.25, 0.3) is 121 Å². The van der Waals surface area contributed by atoms with Gasteiger partial charge >= 0.3 is 0 Å². The molecular weight excluding hydrogens is 957 g/mol. The van der Waals surface area contributed by atoms with E-state index in [0.29, 0.717) is 11.8 Å². The first kappa shape index (κ1) is 46.3. The Morgan fingerprint density at radius 3 is 1.05 bits per heavy atom. The zero-order chi connectivity index (χ0) is 52.8. The molecule has 2 aromatic heterocycles. The lowest BCUT2D eigenvalue weighted by atomic mass is 9.78. The second-order valence-electron chi connectivity index (χ2n) is 26.3. The predicted octanol–water partition coefficient (Wildman–Crippen LogP) is 22.1. The molecule has 2 heteroatoms. The molecule has 0 unspecified atom stereocenters. The van der Waals surface area contributed by atoms with Crippen LogP contribution in [0.3, 0.4) is 0 Å². The van der Waals surface area contributed by atoms with Crippen molar-refractivity contribution in [2.75, 3.05) is 0 Å². The number of hydrogen-bond donors (Lipinski definition) is 0. The van der Waals surface area contributed by atoms with E-state index in [-0.39, 0.29) is 16.2 Å². The first-order valence-electron chi connectivity index (χ1n) is 29.9. The van der Waals surface area contributed by atoms with Gasteiger partial charge in [0.25, 0.3) is 0 Å². The average Bonchev–Trinajstić information content (AvgIpc) is 3.65. The maximum absolute atomic E-state index is 6.77. The topological polar surface area (TPSA) is 26.3 Å². The van der Waals surface area contributed by atoms with Crippen molar-refractivity contribution < 1.29 is 8.83 Å². The molecule has 17 rings (SSSR count). The Bertz CT molecular complexity index is 4350. The lowest BCUT2D eigenvalue weighted by Crippen LogP contribution is -2.17. The summed E-state index contributed by atoms with van der Waals surface area (Å²) in [6.45, 7) is 14.9. The summed E-state index contributed by atoms with van der Waals surface area (Å²) in [6.07, 6.45) is 12.7. The molecule has 79 heavy (non-hydrogen) atoms. The minimum Gasteiger partial charge on any atom is -0.456 e. The van der Waals surface area contributed by atoms with Crippen LogP contribution in [0.4, 0.5) is 0 Å². The zero-order valence-corrected chi connectivity index (χ0v) is 46.6. The first-order chi connectivity index (χ1) is 38.4. The molecule has 2 heterocycles. The molecule has 2 saturated carbocycles. The summed E-state index contributed by atoms with van der Waals surface area (Å²) in [5, 5.41) is 10.2. The van der Waals surface area contributed by atoms with E-state index in [0.717, 1.165) is 22.3 Å². The number of furan rings is 2. The van der Waals surface area contributed by atoms with Crippen molar-refractivity contribution in [2.45, 2.75) is 134 Å². The lowest BCUT2D eigenvalue weighted by molar-refractivity contribution is 0.442. The second-order valence-corrected chi connectivity index (χ2v) is 26.3. The Hall–Kier alpha value is -7.68. The van der Waals surface area contributed by atoms with Gasteiger partial charge in [-0.25, -0.2) is 0 Å². The van der Waals surface area contributed by atoms with Crippen LogP contribution >= 0.6 is 0 Å². The summed E-state index contributed by atoms with van der Waals surface area (Å²) in [5.74, 6) is 1.02. The van der Waals surface area contributed by atoms with Gasteiger partial charge < -0.3 is 8.83 Å². The summed E-state index contributed by atoms with van der Waals surface area (Å²) in [6, 6.07) is 61.5. The number of fused-ring (bicyclic) bond motifs is 19. The van der Waals surface area contributed by atoms with Gasteiger partial charge in [0.1, 0.15) is 22.3 Å². The Morgan fingerprint density at radius 2 is 0.633 bits per heavy atom. The summed E-state index contributed by atoms with van der Waals surface area (Å²) in [7, 11) is 0. The van der Waals surface area contributed by atoms with Gasteiger partial charge in [0.2, 0.25) is 0 Å². The summed E-state index contributed by atoms with van der Waals surface area (Å²) < 4.78 is 13.5. The van der Waals surface area contributed by atoms with Crippen molar-refractivity contribution in [1.82, 2.24) is 0 Å². The van der Waals surface area contributed by atoms with E-state index in [1.54, 1.807) is 0 Å². The van der Waals surface area contributed by atoms with E-state index < -0.39 is 0 Å². The van der Waals surface area contributed by atoms with Crippen LogP contribution in [-0.2, 0) is 16.2 Å². The molecule has 0 radical (unpaired) electrons. The summed E-state index contributed by atoms with van der Waals surface area (Å²) in [5.41, 5.74) is 28.5. The number of benzene rings is 10. The van der Waals surface area contributed by atoms with E-state index in [9.17, 15) is 0 Å². The van der Waals surface area contributed by atoms with E-state index in [2.05, 4.69) is 199 Å². The molecule has 0 aliphatic heterocycles. The Kier molecular flexibility index (Phi) is 9.50. The highest BCUT2D eigenvalue weighted by Gasteiger charge is 2.46. The molecule has 0 spiro atoms. The van der Waals surface area contributed by atoms with Crippen LogP contribution in [-0.4, -0.2) is 0 Å². The monoisotopic (exact) mass is 1020 g/mol. The molecule has 0 atom stereocenters. The summed E-state index contributed by atoms with van der Waals surface area (Å²) in [4.78, 5) is 0. The van der Waals surface area contributed by atoms with Crippen LogP contribution in [0.2, 0.25) is 0 Å². The van der Waals surface area contributed by atoms with Gasteiger partial charge in [0, 0.05) is 37.8 Å². The molecule has 2 fully saturated rings. The molecule has 2 nitrogen and oxygen atoms in total. The highest BCUT2D eigenvalue weighted by Crippen LogP contribution is 2.62. The average molecular weight is 1020 g/mol. The number of rotatable bonds is 4. The Labute approximate surface area is 463 Å². The number of para-hydroxylation sites is 2. The molecule has 0 amide bonds. The first-order valence-corrected chi connectivity index (χ1v) is 29.9. The molecule has 12 aromatic rings. The highest BCUT2D eigenvalue weighted by molar-refractivity contribution is 6.15. The van der Waals surface area contributed by atoms with E-state index in [4.69, 9.17) is 8.83 Å². The van der Waals surface area contributed by atoms with Gasteiger partial charge in [0.05, 0.1) is 0 Å². The molecule has 386 valence electrons. The van der Waals surface area contributed by atoms with E-state index in [1.165, 1.54) is 207 Å². The van der Waals surface area contributed by atoms with Gasteiger partial charge in [-0.05, 0) is 232 Å². The standard InChI is InChI=1S/C77H66O2/c1-75(2)63-41-61-65(76(3,4)67-37-53(47-25-13-15-29-51(47)71(61)67)45-33-55(43-21-9-7-10-22-43)73-59(35-45)49-27-17-19-31-69(49)78-73)39-57(63)58-40-66-62(42-64(58)75)72-52-30-16-14-26-48(52)54(38-68(72)77(66,5)6)46-34-56(44-23-11-8-12-24-44)74-60(36-46)50-28-18-20-32-70(50)79-74/h13-20,25-44H,7-12,21-24H2,1-6H3. The quantitative estimate of drug-likeness (QED) is 0.176. The van der Waals surface area contributed by atoms with Crippen molar-refractivity contribution in [3.8, 4) is 55.6 Å². The molecule has 5 aliphatic rings. The van der Waals surface area contributed by atoms with Crippen LogP contribution in [0.1, 0.15) is 162 Å². The van der Waals surface area contributed by atoms with Crippen molar-refractivity contribution in [1.29, 1.82) is 0 Å². The molecule has 0 bridgehead atoms. The molecule has 0 N–H and O–H groups in total. The zero-order valence-electron chi connectivity index (χ0n) is 46.6. The minimum absolute atomic E-state index is 0.212. The Morgan fingerprint density at radius 1 is 0.304 bits per heavy atom. The molecular formula is C77H66O2. The largest absolute Gasteiger partial charge is 0.456 e. The smallest absolute Gasteiger partial charge is 0.138 e.